The van der Waals surface area contributed by atoms with Gasteiger partial charge in [-0.1, -0.05) is 60.1 Å². The van der Waals surface area contributed by atoms with Gasteiger partial charge in [-0.2, -0.15) is 0 Å². The third-order valence-electron chi connectivity index (χ3n) is 2.83. The van der Waals surface area contributed by atoms with Crippen molar-refractivity contribution in [3.8, 4) is 0 Å². The van der Waals surface area contributed by atoms with Crippen LogP contribution >= 0.6 is 11.6 Å². The van der Waals surface area contributed by atoms with Gasteiger partial charge in [0.25, 0.3) is 0 Å². The molecule has 0 spiro atoms. The summed E-state index contributed by atoms with van der Waals surface area (Å²) in [5, 5.41) is 11.1. The van der Waals surface area contributed by atoms with Gasteiger partial charge in [0.2, 0.25) is 0 Å². The molecule has 0 heterocycles. The van der Waals surface area contributed by atoms with Gasteiger partial charge < -0.3 is 5.11 Å². The maximum atomic E-state index is 10.4. The van der Waals surface area contributed by atoms with Crippen LogP contribution in [0.4, 0.5) is 0 Å². The summed E-state index contributed by atoms with van der Waals surface area (Å²) in [5.74, 6) is 0. The van der Waals surface area contributed by atoms with Gasteiger partial charge in [-0.25, -0.2) is 0 Å². The zero-order valence-electron chi connectivity index (χ0n) is 10.2. The second-order valence-electron chi connectivity index (χ2n) is 4.40. The lowest BCUT2D eigenvalue weighted by atomic mass is 9.95. The highest BCUT2D eigenvalue weighted by Gasteiger charge is 2.18. The van der Waals surface area contributed by atoms with Gasteiger partial charge >= 0.3 is 0 Å². The molecular formula is C16H15ClO. The fraction of sp³-hybridized carbons (Fsp3) is 0.125. The van der Waals surface area contributed by atoms with Gasteiger partial charge in [0, 0.05) is 5.02 Å². The Bertz CT molecular complexity index is 527. The van der Waals surface area contributed by atoms with E-state index in [1.54, 1.807) is 13.0 Å². The Kier molecular flexibility index (Phi) is 3.85. The summed E-state index contributed by atoms with van der Waals surface area (Å²) >= 11 is 5.82. The predicted molar refractivity (Wildman–Crippen MR) is 76.5 cm³/mol. The van der Waals surface area contributed by atoms with Crippen LogP contribution < -0.4 is 0 Å². The molecule has 0 aromatic heterocycles. The van der Waals surface area contributed by atoms with Crippen molar-refractivity contribution >= 4 is 17.7 Å². The van der Waals surface area contributed by atoms with Gasteiger partial charge in [-0.05, 0) is 36.3 Å². The molecule has 92 valence electrons. The third kappa shape index (κ3) is 3.22. The maximum Gasteiger partial charge on any atom is 0.105 e. The van der Waals surface area contributed by atoms with Crippen molar-refractivity contribution in [2.75, 3.05) is 0 Å². The molecule has 0 aliphatic heterocycles. The zero-order chi connectivity index (χ0) is 13.0. The molecule has 2 aromatic rings. The lowest BCUT2D eigenvalue weighted by molar-refractivity contribution is 0.112. The van der Waals surface area contributed by atoms with Crippen LogP contribution in [0.1, 0.15) is 18.1 Å². The Labute approximate surface area is 112 Å². The summed E-state index contributed by atoms with van der Waals surface area (Å²) in [6, 6.07) is 17.1. The Morgan fingerprint density at radius 1 is 1.00 bits per heavy atom. The SMILES string of the molecule is CC(O)(/C=C/c1ccc(Cl)cc1)c1ccccc1. The first-order valence-electron chi connectivity index (χ1n) is 5.81. The molecule has 0 amide bonds. The molecule has 0 aliphatic rings. The lowest BCUT2D eigenvalue weighted by Gasteiger charge is -2.19. The molecule has 2 aromatic carbocycles. The first kappa shape index (κ1) is 12.9. The minimum atomic E-state index is -0.971. The summed E-state index contributed by atoms with van der Waals surface area (Å²) in [6.07, 6.45) is 3.68. The van der Waals surface area contributed by atoms with Crippen molar-refractivity contribution in [1.29, 1.82) is 0 Å². The molecule has 0 radical (unpaired) electrons. The number of hydrogen-bond donors (Lipinski definition) is 1. The van der Waals surface area contributed by atoms with Crippen molar-refractivity contribution < 1.29 is 5.11 Å². The highest BCUT2D eigenvalue weighted by atomic mass is 35.5. The molecule has 2 heteroatoms. The summed E-state index contributed by atoms with van der Waals surface area (Å²) in [5.41, 5.74) is 0.909. The van der Waals surface area contributed by atoms with Gasteiger partial charge in [-0.15, -0.1) is 0 Å². The summed E-state index contributed by atoms with van der Waals surface area (Å²) in [7, 11) is 0. The molecule has 0 aliphatic carbocycles. The molecule has 0 bridgehead atoms. The number of benzene rings is 2. The monoisotopic (exact) mass is 258 g/mol. The highest BCUT2D eigenvalue weighted by molar-refractivity contribution is 6.30. The fourth-order valence-corrected chi connectivity index (χ4v) is 1.83. The molecule has 0 fully saturated rings. The van der Waals surface area contributed by atoms with Crippen LogP contribution in [-0.2, 0) is 5.60 Å². The smallest absolute Gasteiger partial charge is 0.105 e. The number of hydrogen-bond acceptors (Lipinski definition) is 1. The minimum absolute atomic E-state index is 0.710. The van der Waals surface area contributed by atoms with E-state index in [4.69, 9.17) is 11.6 Å². The summed E-state index contributed by atoms with van der Waals surface area (Å²) in [6.45, 7) is 1.77. The van der Waals surface area contributed by atoms with Crippen molar-refractivity contribution in [2.24, 2.45) is 0 Å². The van der Waals surface area contributed by atoms with E-state index in [-0.39, 0.29) is 0 Å². The number of aliphatic hydroxyl groups is 1. The molecule has 1 nitrogen and oxygen atoms in total. The van der Waals surface area contributed by atoms with E-state index in [1.807, 2.05) is 60.7 Å². The van der Waals surface area contributed by atoms with Crippen molar-refractivity contribution in [2.45, 2.75) is 12.5 Å². The molecular weight excluding hydrogens is 244 g/mol. The van der Waals surface area contributed by atoms with Crippen LogP contribution in [-0.4, -0.2) is 5.11 Å². The average Bonchev–Trinajstić information content (AvgIpc) is 2.39. The van der Waals surface area contributed by atoms with E-state index in [0.717, 1.165) is 11.1 Å². The van der Waals surface area contributed by atoms with Crippen LogP contribution in [0.25, 0.3) is 6.08 Å². The van der Waals surface area contributed by atoms with E-state index in [2.05, 4.69) is 0 Å². The van der Waals surface area contributed by atoms with Crippen LogP contribution in [0.15, 0.2) is 60.7 Å². The second kappa shape index (κ2) is 5.38. The molecule has 18 heavy (non-hydrogen) atoms. The van der Waals surface area contributed by atoms with Gasteiger partial charge in [0.15, 0.2) is 0 Å². The van der Waals surface area contributed by atoms with E-state index in [1.165, 1.54) is 0 Å². The normalized spacial score (nSPS) is 14.6. The van der Waals surface area contributed by atoms with Gasteiger partial charge in [-0.3, -0.25) is 0 Å². The molecule has 0 saturated heterocycles. The second-order valence-corrected chi connectivity index (χ2v) is 4.83. The van der Waals surface area contributed by atoms with Crippen molar-refractivity contribution in [1.82, 2.24) is 0 Å². The van der Waals surface area contributed by atoms with Gasteiger partial charge in [0.05, 0.1) is 0 Å². The van der Waals surface area contributed by atoms with Crippen molar-refractivity contribution in [3.63, 3.8) is 0 Å². The Morgan fingerprint density at radius 2 is 1.61 bits per heavy atom. The predicted octanol–water partition coefficient (Wildman–Crippen LogP) is 4.26. The standard InChI is InChI=1S/C16H15ClO/c1-16(18,14-5-3-2-4-6-14)12-11-13-7-9-15(17)10-8-13/h2-12,18H,1H3/b12-11+. The van der Waals surface area contributed by atoms with Crippen molar-refractivity contribution in [3.05, 3.63) is 76.8 Å². The summed E-state index contributed by atoms with van der Waals surface area (Å²) in [4.78, 5) is 0. The highest BCUT2D eigenvalue weighted by Crippen LogP contribution is 2.23. The third-order valence-corrected chi connectivity index (χ3v) is 3.08. The van der Waals surface area contributed by atoms with E-state index in [9.17, 15) is 5.11 Å². The minimum Gasteiger partial charge on any atom is -0.381 e. The molecule has 1 unspecified atom stereocenters. The molecule has 1 N–H and O–H groups in total. The molecule has 0 saturated carbocycles. The first-order chi connectivity index (χ1) is 8.58. The van der Waals surface area contributed by atoms with E-state index < -0.39 is 5.60 Å². The van der Waals surface area contributed by atoms with Crippen LogP contribution in [0.2, 0.25) is 5.02 Å². The largest absolute Gasteiger partial charge is 0.381 e. The Morgan fingerprint density at radius 3 is 2.22 bits per heavy atom. The number of halogens is 1. The Hall–Kier alpha value is -1.57. The van der Waals surface area contributed by atoms with Gasteiger partial charge in [0.1, 0.15) is 5.60 Å². The Balaban J connectivity index is 2.20. The van der Waals surface area contributed by atoms with E-state index >= 15 is 0 Å². The van der Waals surface area contributed by atoms with E-state index in [0.29, 0.717) is 5.02 Å². The topological polar surface area (TPSA) is 20.2 Å². The maximum absolute atomic E-state index is 10.4. The zero-order valence-corrected chi connectivity index (χ0v) is 10.9. The van der Waals surface area contributed by atoms with Crippen LogP contribution in [0.5, 0.6) is 0 Å². The first-order valence-corrected chi connectivity index (χ1v) is 6.18. The fourth-order valence-electron chi connectivity index (χ4n) is 1.70. The molecule has 2 rings (SSSR count). The molecule has 1 atom stereocenters. The lowest BCUT2D eigenvalue weighted by Crippen LogP contribution is -2.17. The van der Waals surface area contributed by atoms with Crippen LogP contribution in [0.3, 0.4) is 0 Å². The summed E-state index contributed by atoms with van der Waals surface area (Å²) < 4.78 is 0. The average molecular weight is 259 g/mol. The number of rotatable bonds is 3. The quantitative estimate of drug-likeness (QED) is 0.872. The van der Waals surface area contributed by atoms with Crippen LogP contribution in [0, 0.1) is 0 Å².